The maximum atomic E-state index is 5.61. The molecule has 2 N–H and O–H groups in total. The molecule has 1 heterocycles. The molecule has 1 atom stereocenters. The van der Waals surface area contributed by atoms with Gasteiger partial charge in [-0.15, -0.1) is 0 Å². The Hall–Kier alpha value is -2.34. The van der Waals surface area contributed by atoms with E-state index < -0.39 is 0 Å². The molecule has 1 aromatic heterocycles. The van der Waals surface area contributed by atoms with Gasteiger partial charge in [-0.3, -0.25) is 4.90 Å². The van der Waals surface area contributed by atoms with E-state index in [1.165, 1.54) is 5.56 Å². The molecule has 6 nitrogen and oxygen atoms in total. The normalized spacial score (nSPS) is 13.0. The fraction of sp³-hybridized carbons (Fsp3) is 0.524. The minimum Gasteiger partial charge on any atom is -0.444 e. The van der Waals surface area contributed by atoms with Crippen molar-refractivity contribution in [2.24, 2.45) is 4.99 Å². The first-order valence-electron chi connectivity index (χ1n) is 9.85. The first-order chi connectivity index (χ1) is 13.1. The van der Waals surface area contributed by atoms with E-state index in [0.717, 1.165) is 43.4 Å². The van der Waals surface area contributed by atoms with Gasteiger partial charge < -0.3 is 15.1 Å². The van der Waals surface area contributed by atoms with Crippen LogP contribution in [-0.2, 0) is 6.54 Å². The van der Waals surface area contributed by atoms with Crippen molar-refractivity contribution in [1.82, 2.24) is 20.5 Å². The highest BCUT2D eigenvalue weighted by atomic mass is 16.3. The number of oxazole rings is 1. The summed E-state index contributed by atoms with van der Waals surface area (Å²) in [5.74, 6) is 1.43. The number of rotatable bonds is 9. The Morgan fingerprint density at radius 1 is 1.15 bits per heavy atom. The van der Waals surface area contributed by atoms with Crippen LogP contribution in [0.5, 0.6) is 0 Å². The van der Waals surface area contributed by atoms with E-state index >= 15 is 0 Å². The Balaban J connectivity index is 1.97. The Kier molecular flexibility index (Phi) is 8.33. The molecule has 1 aromatic carbocycles. The van der Waals surface area contributed by atoms with Crippen LogP contribution in [0, 0.1) is 6.92 Å². The molecule has 0 bridgehead atoms. The largest absolute Gasteiger partial charge is 0.444 e. The third-order valence-corrected chi connectivity index (χ3v) is 4.59. The lowest BCUT2D eigenvalue weighted by Gasteiger charge is -2.27. The fourth-order valence-electron chi connectivity index (χ4n) is 2.93. The van der Waals surface area contributed by atoms with Crippen LogP contribution in [0.1, 0.15) is 39.0 Å². The third kappa shape index (κ3) is 6.40. The molecule has 0 radical (unpaired) electrons. The third-order valence-electron chi connectivity index (χ3n) is 4.59. The number of hydrogen-bond donors (Lipinski definition) is 2. The van der Waals surface area contributed by atoms with E-state index in [2.05, 4.69) is 72.3 Å². The lowest BCUT2D eigenvalue weighted by atomic mass is 10.1. The maximum Gasteiger partial charge on any atom is 0.226 e. The summed E-state index contributed by atoms with van der Waals surface area (Å²) in [4.78, 5) is 11.6. The summed E-state index contributed by atoms with van der Waals surface area (Å²) in [6, 6.07) is 8.61. The molecule has 0 amide bonds. The second kappa shape index (κ2) is 10.7. The van der Waals surface area contributed by atoms with Crippen molar-refractivity contribution in [3.05, 3.63) is 41.8 Å². The molecule has 2 rings (SSSR count). The van der Waals surface area contributed by atoms with E-state index in [1.54, 1.807) is 6.26 Å². The van der Waals surface area contributed by atoms with Crippen molar-refractivity contribution in [3.63, 3.8) is 0 Å². The quantitative estimate of drug-likeness (QED) is 0.522. The van der Waals surface area contributed by atoms with E-state index in [9.17, 15) is 0 Å². The SMILES string of the molecule is CCNC(=NCc1coc(-c2ccc(C)cc2)n1)NCC(C)N(CC)CC. The minimum atomic E-state index is 0.448. The van der Waals surface area contributed by atoms with Crippen LogP contribution < -0.4 is 10.6 Å². The van der Waals surface area contributed by atoms with Gasteiger partial charge in [-0.1, -0.05) is 31.5 Å². The summed E-state index contributed by atoms with van der Waals surface area (Å²) in [6.07, 6.45) is 1.68. The van der Waals surface area contributed by atoms with Gasteiger partial charge in [0.1, 0.15) is 12.0 Å². The van der Waals surface area contributed by atoms with Crippen LogP contribution in [0.2, 0.25) is 0 Å². The molecule has 27 heavy (non-hydrogen) atoms. The van der Waals surface area contributed by atoms with Crippen LogP contribution in [0.4, 0.5) is 0 Å². The number of nitrogens with one attached hydrogen (secondary N) is 2. The second-order valence-corrected chi connectivity index (χ2v) is 6.66. The lowest BCUT2D eigenvalue weighted by Crippen LogP contribution is -2.46. The monoisotopic (exact) mass is 371 g/mol. The highest BCUT2D eigenvalue weighted by Gasteiger charge is 2.11. The Labute approximate surface area is 163 Å². The summed E-state index contributed by atoms with van der Waals surface area (Å²) >= 11 is 0. The van der Waals surface area contributed by atoms with Crippen molar-refractivity contribution >= 4 is 5.96 Å². The molecule has 2 aromatic rings. The van der Waals surface area contributed by atoms with Gasteiger partial charge in [0.15, 0.2) is 5.96 Å². The zero-order valence-electron chi connectivity index (χ0n) is 17.2. The number of likely N-dealkylation sites (N-methyl/N-ethyl adjacent to an activating group) is 1. The van der Waals surface area contributed by atoms with Gasteiger partial charge in [0.2, 0.25) is 5.89 Å². The van der Waals surface area contributed by atoms with E-state index in [1.807, 2.05) is 12.1 Å². The minimum absolute atomic E-state index is 0.448. The summed E-state index contributed by atoms with van der Waals surface area (Å²) in [5, 5.41) is 6.71. The van der Waals surface area contributed by atoms with Gasteiger partial charge in [0.25, 0.3) is 0 Å². The number of aliphatic imine (C=N–C) groups is 1. The van der Waals surface area contributed by atoms with Crippen LogP contribution in [-0.4, -0.2) is 48.1 Å². The number of guanidine groups is 1. The van der Waals surface area contributed by atoms with E-state index in [4.69, 9.17) is 4.42 Å². The van der Waals surface area contributed by atoms with Crippen molar-refractivity contribution < 1.29 is 4.42 Å². The average molecular weight is 372 g/mol. The molecule has 148 valence electrons. The molecule has 0 fully saturated rings. The zero-order valence-corrected chi connectivity index (χ0v) is 17.2. The molecule has 0 aliphatic heterocycles. The molecule has 0 spiro atoms. The molecule has 0 saturated carbocycles. The number of hydrogen-bond acceptors (Lipinski definition) is 4. The molecule has 0 saturated heterocycles. The molecule has 0 aliphatic rings. The Morgan fingerprint density at radius 2 is 1.85 bits per heavy atom. The van der Waals surface area contributed by atoms with Crippen molar-refractivity contribution in [2.75, 3.05) is 26.2 Å². The van der Waals surface area contributed by atoms with Crippen LogP contribution >= 0.6 is 0 Å². The standard InChI is InChI=1S/C21H33N5O/c1-6-22-21(23-13-17(5)26(7-2)8-3)24-14-19-15-27-20(25-19)18-11-9-16(4)10-12-18/h9-12,15,17H,6-8,13-14H2,1-5H3,(H2,22,23,24). The van der Waals surface area contributed by atoms with Gasteiger partial charge in [0.05, 0.1) is 6.54 Å². The van der Waals surface area contributed by atoms with Crippen LogP contribution in [0.3, 0.4) is 0 Å². The summed E-state index contributed by atoms with van der Waals surface area (Å²) < 4.78 is 5.61. The van der Waals surface area contributed by atoms with Gasteiger partial charge in [0, 0.05) is 24.7 Å². The topological polar surface area (TPSA) is 65.7 Å². The molecule has 1 unspecified atom stereocenters. The average Bonchev–Trinajstić information content (AvgIpc) is 3.14. The van der Waals surface area contributed by atoms with Crippen molar-refractivity contribution in [1.29, 1.82) is 0 Å². The molecule has 6 heteroatoms. The highest BCUT2D eigenvalue weighted by molar-refractivity contribution is 5.79. The lowest BCUT2D eigenvalue weighted by molar-refractivity contribution is 0.231. The van der Waals surface area contributed by atoms with E-state index in [-0.39, 0.29) is 0 Å². The molecular formula is C21H33N5O. The zero-order chi connectivity index (χ0) is 19.6. The van der Waals surface area contributed by atoms with Crippen molar-refractivity contribution in [3.8, 4) is 11.5 Å². The fourth-order valence-corrected chi connectivity index (χ4v) is 2.93. The Morgan fingerprint density at radius 3 is 2.48 bits per heavy atom. The van der Waals surface area contributed by atoms with Gasteiger partial charge >= 0.3 is 0 Å². The summed E-state index contributed by atoms with van der Waals surface area (Å²) in [6.45, 7) is 15.0. The predicted molar refractivity (Wildman–Crippen MR) is 112 cm³/mol. The summed E-state index contributed by atoms with van der Waals surface area (Å²) in [7, 11) is 0. The number of benzene rings is 1. The smallest absolute Gasteiger partial charge is 0.226 e. The summed E-state index contributed by atoms with van der Waals surface area (Å²) in [5.41, 5.74) is 3.02. The number of aromatic nitrogens is 1. The predicted octanol–water partition coefficient (Wildman–Crippen LogP) is 3.44. The highest BCUT2D eigenvalue weighted by Crippen LogP contribution is 2.19. The first-order valence-corrected chi connectivity index (χ1v) is 9.85. The second-order valence-electron chi connectivity index (χ2n) is 6.66. The van der Waals surface area contributed by atoms with Gasteiger partial charge in [-0.05, 0) is 46.0 Å². The maximum absolute atomic E-state index is 5.61. The number of nitrogens with zero attached hydrogens (tertiary/aromatic N) is 3. The van der Waals surface area contributed by atoms with Gasteiger partial charge in [-0.2, -0.15) is 0 Å². The van der Waals surface area contributed by atoms with Crippen LogP contribution in [0.15, 0.2) is 39.9 Å². The molecular weight excluding hydrogens is 338 g/mol. The van der Waals surface area contributed by atoms with Crippen LogP contribution in [0.25, 0.3) is 11.5 Å². The molecule has 0 aliphatic carbocycles. The number of aryl methyl sites for hydroxylation is 1. The first kappa shape index (κ1) is 21.0. The van der Waals surface area contributed by atoms with Crippen molar-refractivity contribution in [2.45, 2.75) is 47.2 Å². The van der Waals surface area contributed by atoms with Gasteiger partial charge in [-0.25, -0.2) is 9.98 Å². The van der Waals surface area contributed by atoms with E-state index in [0.29, 0.717) is 18.5 Å². The Bertz CT molecular complexity index is 704.